The molecule has 0 unspecified atom stereocenters. The number of benzene rings is 2. The third-order valence-electron chi connectivity index (χ3n) is 2.43. The van der Waals surface area contributed by atoms with Gasteiger partial charge in [0, 0.05) is 17.2 Å². The lowest BCUT2D eigenvalue weighted by Gasteiger charge is -2.07. The molecule has 0 saturated heterocycles. The molecule has 18 heavy (non-hydrogen) atoms. The first kappa shape index (κ1) is 12.2. The Bertz CT molecular complexity index is 550. The molecule has 0 radical (unpaired) electrons. The van der Waals surface area contributed by atoms with Crippen LogP contribution in [-0.4, -0.2) is 6.29 Å². The lowest BCUT2D eigenvalue weighted by atomic mass is 10.2. The largest absolute Gasteiger partial charge is 0.489 e. The normalized spacial score (nSPS) is 10.1. The molecule has 0 bridgehead atoms. The highest BCUT2D eigenvalue weighted by atomic mass is 19.1. The molecule has 0 fully saturated rings. The van der Waals surface area contributed by atoms with E-state index in [0.717, 1.165) is 12.4 Å². The van der Waals surface area contributed by atoms with Crippen LogP contribution in [0.1, 0.15) is 15.9 Å². The topological polar surface area (TPSA) is 26.3 Å². The lowest BCUT2D eigenvalue weighted by molar-refractivity contribution is 0.112. The Morgan fingerprint density at radius 1 is 1.06 bits per heavy atom. The van der Waals surface area contributed by atoms with E-state index in [4.69, 9.17) is 4.74 Å². The first-order chi connectivity index (χ1) is 8.69. The fourth-order valence-corrected chi connectivity index (χ4v) is 1.44. The highest BCUT2D eigenvalue weighted by Crippen LogP contribution is 2.15. The minimum Gasteiger partial charge on any atom is -0.489 e. The van der Waals surface area contributed by atoms with E-state index in [-0.39, 0.29) is 12.2 Å². The van der Waals surface area contributed by atoms with Gasteiger partial charge in [-0.2, -0.15) is 0 Å². The van der Waals surface area contributed by atoms with Gasteiger partial charge in [-0.1, -0.05) is 0 Å². The van der Waals surface area contributed by atoms with Crippen molar-refractivity contribution in [1.29, 1.82) is 0 Å². The van der Waals surface area contributed by atoms with E-state index in [1.807, 2.05) is 0 Å². The van der Waals surface area contributed by atoms with Crippen LogP contribution in [0.25, 0.3) is 0 Å². The van der Waals surface area contributed by atoms with Gasteiger partial charge in [-0.15, -0.1) is 0 Å². The first-order valence-electron chi connectivity index (χ1n) is 5.31. The van der Waals surface area contributed by atoms with Crippen molar-refractivity contribution >= 4 is 6.29 Å². The fraction of sp³-hybridized carbons (Fsp3) is 0.0714. The summed E-state index contributed by atoms with van der Waals surface area (Å²) in [6, 6.07) is 9.76. The summed E-state index contributed by atoms with van der Waals surface area (Å²) < 4.78 is 31.3. The van der Waals surface area contributed by atoms with Gasteiger partial charge in [-0.05, 0) is 36.4 Å². The summed E-state index contributed by atoms with van der Waals surface area (Å²) in [5.74, 6) is -0.740. The van der Waals surface area contributed by atoms with Gasteiger partial charge < -0.3 is 4.74 Å². The maximum Gasteiger partial charge on any atom is 0.150 e. The monoisotopic (exact) mass is 248 g/mol. The summed E-state index contributed by atoms with van der Waals surface area (Å²) in [4.78, 5) is 10.4. The molecule has 0 spiro atoms. The predicted octanol–water partition coefficient (Wildman–Crippen LogP) is 3.36. The quantitative estimate of drug-likeness (QED) is 0.775. The third-order valence-corrected chi connectivity index (χ3v) is 2.43. The molecule has 2 nitrogen and oxygen atoms in total. The van der Waals surface area contributed by atoms with Crippen molar-refractivity contribution in [2.75, 3.05) is 0 Å². The Morgan fingerprint density at radius 2 is 1.78 bits per heavy atom. The predicted molar refractivity (Wildman–Crippen MR) is 62.5 cm³/mol. The summed E-state index contributed by atoms with van der Waals surface area (Å²) in [7, 11) is 0. The molecular weight excluding hydrogens is 238 g/mol. The average Bonchev–Trinajstić information content (AvgIpc) is 2.38. The van der Waals surface area contributed by atoms with Crippen molar-refractivity contribution in [3.05, 3.63) is 65.2 Å². The Kier molecular flexibility index (Phi) is 3.67. The maximum atomic E-state index is 13.3. The number of halogens is 2. The van der Waals surface area contributed by atoms with Gasteiger partial charge in [0.25, 0.3) is 0 Å². The van der Waals surface area contributed by atoms with Gasteiger partial charge in [-0.25, -0.2) is 8.78 Å². The van der Waals surface area contributed by atoms with Crippen LogP contribution >= 0.6 is 0 Å². The maximum absolute atomic E-state index is 13.3. The smallest absolute Gasteiger partial charge is 0.150 e. The lowest BCUT2D eigenvalue weighted by Crippen LogP contribution is -1.99. The van der Waals surface area contributed by atoms with Crippen LogP contribution < -0.4 is 4.74 Å². The number of ether oxygens (including phenoxy) is 1. The first-order valence-corrected chi connectivity index (χ1v) is 5.31. The molecule has 0 aliphatic rings. The van der Waals surface area contributed by atoms with Crippen LogP contribution in [0, 0.1) is 11.6 Å². The van der Waals surface area contributed by atoms with Gasteiger partial charge in [0.05, 0.1) is 0 Å². The van der Waals surface area contributed by atoms with Gasteiger partial charge >= 0.3 is 0 Å². The van der Waals surface area contributed by atoms with Crippen LogP contribution in [0.4, 0.5) is 8.78 Å². The molecule has 0 aliphatic carbocycles. The molecule has 0 saturated carbocycles. The molecule has 2 aromatic carbocycles. The van der Waals surface area contributed by atoms with Crippen LogP contribution in [0.15, 0.2) is 42.5 Å². The van der Waals surface area contributed by atoms with Gasteiger partial charge in [0.2, 0.25) is 0 Å². The molecule has 0 aromatic heterocycles. The molecule has 0 amide bonds. The van der Waals surface area contributed by atoms with Crippen LogP contribution in [0.3, 0.4) is 0 Å². The number of carbonyl (C=O) groups is 1. The van der Waals surface area contributed by atoms with E-state index in [9.17, 15) is 13.6 Å². The highest BCUT2D eigenvalue weighted by Gasteiger charge is 2.04. The van der Waals surface area contributed by atoms with Crippen molar-refractivity contribution in [3.63, 3.8) is 0 Å². The van der Waals surface area contributed by atoms with Gasteiger partial charge in [-0.3, -0.25) is 4.79 Å². The van der Waals surface area contributed by atoms with E-state index in [0.29, 0.717) is 11.3 Å². The third kappa shape index (κ3) is 2.91. The van der Waals surface area contributed by atoms with Crippen molar-refractivity contribution in [3.8, 4) is 5.75 Å². The zero-order valence-electron chi connectivity index (χ0n) is 9.40. The van der Waals surface area contributed by atoms with E-state index < -0.39 is 11.6 Å². The second-order valence-corrected chi connectivity index (χ2v) is 3.71. The minimum atomic E-state index is -0.639. The van der Waals surface area contributed by atoms with E-state index in [1.54, 1.807) is 24.3 Å². The number of hydrogen-bond donors (Lipinski definition) is 0. The summed E-state index contributed by atoms with van der Waals surface area (Å²) in [6.07, 6.45) is 0.726. The second kappa shape index (κ2) is 5.40. The van der Waals surface area contributed by atoms with Crippen molar-refractivity contribution in [2.45, 2.75) is 6.61 Å². The molecule has 2 aromatic rings. The van der Waals surface area contributed by atoms with Crippen LogP contribution in [0.5, 0.6) is 5.75 Å². The van der Waals surface area contributed by atoms with Crippen LogP contribution in [-0.2, 0) is 6.61 Å². The van der Waals surface area contributed by atoms with E-state index in [1.165, 1.54) is 12.1 Å². The number of aldehydes is 1. The number of carbonyl (C=O) groups excluding carboxylic acids is 1. The Labute approximate surface area is 103 Å². The fourth-order valence-electron chi connectivity index (χ4n) is 1.44. The minimum absolute atomic E-state index is 0.00650. The highest BCUT2D eigenvalue weighted by molar-refractivity contribution is 5.74. The molecular formula is C14H10F2O2. The summed E-state index contributed by atoms with van der Waals surface area (Å²) in [5, 5.41) is 0. The molecule has 0 aliphatic heterocycles. The SMILES string of the molecule is O=Cc1ccc(OCc2ccc(F)cc2F)cc1. The zero-order chi connectivity index (χ0) is 13.0. The average molecular weight is 248 g/mol. The number of rotatable bonds is 4. The zero-order valence-corrected chi connectivity index (χ0v) is 9.40. The van der Waals surface area contributed by atoms with Crippen LogP contribution in [0.2, 0.25) is 0 Å². The Balaban J connectivity index is 2.04. The summed E-state index contributed by atoms with van der Waals surface area (Å²) in [5.41, 5.74) is 0.811. The molecule has 2 rings (SSSR count). The van der Waals surface area contributed by atoms with Gasteiger partial charge in [0.15, 0.2) is 0 Å². The standard InChI is InChI=1S/C14H10F2O2/c15-12-4-3-11(14(16)7-12)9-18-13-5-1-10(8-17)2-6-13/h1-8H,9H2. The summed E-state index contributed by atoms with van der Waals surface area (Å²) in [6.45, 7) is 0.00650. The molecule has 0 atom stereocenters. The van der Waals surface area contributed by atoms with E-state index in [2.05, 4.69) is 0 Å². The number of hydrogen-bond acceptors (Lipinski definition) is 2. The van der Waals surface area contributed by atoms with E-state index >= 15 is 0 Å². The van der Waals surface area contributed by atoms with Gasteiger partial charge in [0.1, 0.15) is 30.3 Å². The van der Waals surface area contributed by atoms with Crippen molar-refractivity contribution < 1.29 is 18.3 Å². The summed E-state index contributed by atoms with van der Waals surface area (Å²) >= 11 is 0. The Morgan fingerprint density at radius 3 is 2.39 bits per heavy atom. The second-order valence-electron chi connectivity index (χ2n) is 3.71. The molecule has 0 heterocycles. The van der Waals surface area contributed by atoms with Crippen molar-refractivity contribution in [2.24, 2.45) is 0 Å². The molecule has 4 heteroatoms. The Hall–Kier alpha value is -2.23. The molecule has 92 valence electrons. The molecule has 0 N–H and O–H groups in total. The van der Waals surface area contributed by atoms with Crippen molar-refractivity contribution in [1.82, 2.24) is 0 Å².